The predicted octanol–water partition coefficient (Wildman–Crippen LogP) is 1.88. The van der Waals surface area contributed by atoms with E-state index < -0.39 is 5.91 Å². The molecule has 3 N–H and O–H groups in total. The molecule has 108 valence electrons. The first-order chi connectivity index (χ1) is 9.56. The molecule has 0 unspecified atom stereocenters. The Labute approximate surface area is 122 Å². The van der Waals surface area contributed by atoms with Gasteiger partial charge in [0.25, 0.3) is 11.8 Å². The van der Waals surface area contributed by atoms with E-state index in [9.17, 15) is 9.59 Å². The summed E-state index contributed by atoms with van der Waals surface area (Å²) in [6.07, 6.45) is 4.32. The van der Waals surface area contributed by atoms with Gasteiger partial charge in [-0.25, -0.2) is 0 Å². The molecule has 5 nitrogen and oxygen atoms in total. The maximum Gasteiger partial charge on any atom is 0.258 e. The van der Waals surface area contributed by atoms with Crippen LogP contribution in [0.5, 0.6) is 5.75 Å². The number of nitrogens with one attached hydrogen (secondary N) is 1. The average molecular weight is 297 g/mol. The second-order valence-electron chi connectivity index (χ2n) is 4.84. The van der Waals surface area contributed by atoms with E-state index in [2.05, 4.69) is 5.32 Å². The minimum atomic E-state index is -0.640. The highest BCUT2D eigenvalue weighted by molar-refractivity contribution is 6.31. The summed E-state index contributed by atoms with van der Waals surface area (Å²) >= 11 is 5.79. The van der Waals surface area contributed by atoms with Crippen LogP contribution in [0.1, 0.15) is 36.0 Å². The van der Waals surface area contributed by atoms with Crippen LogP contribution in [-0.2, 0) is 4.79 Å². The van der Waals surface area contributed by atoms with Gasteiger partial charge in [-0.1, -0.05) is 24.4 Å². The van der Waals surface area contributed by atoms with Crippen molar-refractivity contribution in [3.63, 3.8) is 0 Å². The van der Waals surface area contributed by atoms with E-state index in [0.717, 1.165) is 25.7 Å². The third-order valence-electron chi connectivity index (χ3n) is 3.29. The molecule has 1 aliphatic rings. The molecule has 6 heteroatoms. The highest BCUT2D eigenvalue weighted by Crippen LogP contribution is 2.22. The monoisotopic (exact) mass is 296 g/mol. The van der Waals surface area contributed by atoms with Gasteiger partial charge in [0.1, 0.15) is 5.75 Å². The number of hydrogen-bond acceptors (Lipinski definition) is 3. The van der Waals surface area contributed by atoms with Crippen LogP contribution in [0.25, 0.3) is 0 Å². The molecular formula is C14H17ClN2O3. The summed E-state index contributed by atoms with van der Waals surface area (Å²) in [4.78, 5) is 23.0. The number of halogens is 1. The average Bonchev–Trinajstić information content (AvgIpc) is 2.90. The fourth-order valence-corrected chi connectivity index (χ4v) is 2.48. The number of carbonyl (C=O) groups excluding carboxylic acids is 2. The van der Waals surface area contributed by atoms with Gasteiger partial charge in [0.05, 0.1) is 5.56 Å². The minimum absolute atomic E-state index is 0.140. The van der Waals surface area contributed by atoms with Crippen LogP contribution in [0.3, 0.4) is 0 Å². The van der Waals surface area contributed by atoms with Crippen LogP contribution < -0.4 is 15.8 Å². The lowest BCUT2D eigenvalue weighted by atomic mass is 10.2. The molecule has 1 aliphatic carbocycles. The quantitative estimate of drug-likeness (QED) is 0.870. The maximum absolute atomic E-state index is 11.7. The van der Waals surface area contributed by atoms with Gasteiger partial charge in [0.15, 0.2) is 6.61 Å². The summed E-state index contributed by atoms with van der Waals surface area (Å²) in [6.45, 7) is -0.140. The lowest BCUT2D eigenvalue weighted by Gasteiger charge is -2.13. The van der Waals surface area contributed by atoms with Crippen LogP contribution in [0, 0.1) is 0 Å². The van der Waals surface area contributed by atoms with Crippen molar-refractivity contribution in [1.82, 2.24) is 5.32 Å². The second kappa shape index (κ2) is 6.61. The van der Waals surface area contributed by atoms with Crippen LogP contribution in [0.4, 0.5) is 0 Å². The first-order valence-electron chi connectivity index (χ1n) is 6.58. The summed E-state index contributed by atoms with van der Waals surface area (Å²) in [5.41, 5.74) is 5.42. The van der Waals surface area contributed by atoms with Crippen LogP contribution in [0.15, 0.2) is 18.2 Å². The highest BCUT2D eigenvalue weighted by Gasteiger charge is 2.18. The van der Waals surface area contributed by atoms with E-state index in [0.29, 0.717) is 5.02 Å². The normalized spacial score (nSPS) is 15.1. The third-order valence-corrected chi connectivity index (χ3v) is 3.52. The molecule has 1 saturated carbocycles. The third kappa shape index (κ3) is 3.87. The van der Waals surface area contributed by atoms with Crippen molar-refractivity contribution in [2.24, 2.45) is 5.73 Å². The van der Waals surface area contributed by atoms with E-state index in [4.69, 9.17) is 22.1 Å². The van der Waals surface area contributed by atoms with Gasteiger partial charge in [0, 0.05) is 11.1 Å². The van der Waals surface area contributed by atoms with E-state index in [-0.39, 0.29) is 29.9 Å². The standard InChI is InChI=1S/C14H17ClN2O3/c15-9-5-6-12(11(7-9)14(16)19)20-8-13(18)17-10-3-1-2-4-10/h5-7,10H,1-4,8H2,(H2,16,19)(H,17,18). The molecule has 0 bridgehead atoms. The highest BCUT2D eigenvalue weighted by atomic mass is 35.5. The van der Waals surface area contributed by atoms with Crippen molar-refractivity contribution < 1.29 is 14.3 Å². The first kappa shape index (κ1) is 14.7. The SMILES string of the molecule is NC(=O)c1cc(Cl)ccc1OCC(=O)NC1CCCC1. The molecular weight excluding hydrogens is 280 g/mol. The summed E-state index contributed by atoms with van der Waals surface area (Å²) in [5.74, 6) is -0.565. The fraction of sp³-hybridized carbons (Fsp3) is 0.429. The number of ether oxygens (including phenoxy) is 1. The molecule has 2 amide bonds. The fourth-order valence-electron chi connectivity index (χ4n) is 2.30. The molecule has 0 heterocycles. The number of nitrogens with two attached hydrogens (primary N) is 1. The van der Waals surface area contributed by atoms with Crippen molar-refractivity contribution in [2.75, 3.05) is 6.61 Å². The Kier molecular flexibility index (Phi) is 4.84. The summed E-state index contributed by atoms with van der Waals surface area (Å²) in [5, 5.41) is 3.29. The number of carbonyl (C=O) groups is 2. The molecule has 20 heavy (non-hydrogen) atoms. The molecule has 0 aromatic heterocycles. The van der Waals surface area contributed by atoms with Crippen molar-refractivity contribution in [2.45, 2.75) is 31.7 Å². The Balaban J connectivity index is 1.93. The zero-order chi connectivity index (χ0) is 14.5. The van der Waals surface area contributed by atoms with E-state index in [1.54, 1.807) is 6.07 Å². The lowest BCUT2D eigenvalue weighted by molar-refractivity contribution is -0.123. The zero-order valence-electron chi connectivity index (χ0n) is 11.0. The van der Waals surface area contributed by atoms with Crippen LogP contribution in [0.2, 0.25) is 5.02 Å². The predicted molar refractivity (Wildman–Crippen MR) is 75.9 cm³/mol. The Morgan fingerprint density at radius 1 is 1.35 bits per heavy atom. The Bertz CT molecular complexity index is 513. The summed E-state index contributed by atoms with van der Waals surface area (Å²) < 4.78 is 5.35. The van der Waals surface area contributed by atoms with Crippen molar-refractivity contribution in [3.05, 3.63) is 28.8 Å². The molecule has 0 spiro atoms. The Morgan fingerprint density at radius 3 is 2.70 bits per heavy atom. The molecule has 0 radical (unpaired) electrons. The van der Waals surface area contributed by atoms with Gasteiger partial charge in [-0.2, -0.15) is 0 Å². The largest absolute Gasteiger partial charge is 0.483 e. The van der Waals surface area contributed by atoms with Gasteiger partial charge >= 0.3 is 0 Å². The molecule has 0 atom stereocenters. The van der Waals surface area contributed by atoms with Gasteiger partial charge in [-0.05, 0) is 31.0 Å². The van der Waals surface area contributed by atoms with E-state index in [1.807, 2.05) is 0 Å². The molecule has 1 aromatic carbocycles. The minimum Gasteiger partial charge on any atom is -0.483 e. The topological polar surface area (TPSA) is 81.4 Å². The summed E-state index contributed by atoms with van der Waals surface area (Å²) in [7, 11) is 0. The number of benzene rings is 1. The summed E-state index contributed by atoms with van der Waals surface area (Å²) in [6, 6.07) is 4.78. The van der Waals surface area contributed by atoms with E-state index in [1.165, 1.54) is 12.1 Å². The van der Waals surface area contributed by atoms with Crippen LogP contribution in [-0.4, -0.2) is 24.5 Å². The number of amides is 2. The van der Waals surface area contributed by atoms with Gasteiger partial charge < -0.3 is 15.8 Å². The number of hydrogen-bond donors (Lipinski definition) is 2. The van der Waals surface area contributed by atoms with E-state index >= 15 is 0 Å². The molecule has 0 aliphatic heterocycles. The molecule has 0 saturated heterocycles. The zero-order valence-corrected chi connectivity index (χ0v) is 11.8. The smallest absolute Gasteiger partial charge is 0.258 e. The number of primary amides is 1. The van der Waals surface area contributed by atoms with Gasteiger partial charge in [-0.3, -0.25) is 9.59 Å². The van der Waals surface area contributed by atoms with Crippen molar-refractivity contribution in [3.8, 4) is 5.75 Å². The molecule has 1 fully saturated rings. The second-order valence-corrected chi connectivity index (χ2v) is 5.28. The first-order valence-corrected chi connectivity index (χ1v) is 6.95. The lowest BCUT2D eigenvalue weighted by Crippen LogP contribution is -2.36. The molecule has 2 rings (SSSR count). The van der Waals surface area contributed by atoms with Crippen molar-refractivity contribution >= 4 is 23.4 Å². The maximum atomic E-state index is 11.7. The van der Waals surface area contributed by atoms with Gasteiger partial charge in [-0.15, -0.1) is 0 Å². The van der Waals surface area contributed by atoms with Gasteiger partial charge in [0.2, 0.25) is 0 Å². The molecule has 1 aromatic rings. The van der Waals surface area contributed by atoms with Crippen molar-refractivity contribution in [1.29, 1.82) is 0 Å². The van der Waals surface area contributed by atoms with Crippen LogP contribution >= 0.6 is 11.6 Å². The Morgan fingerprint density at radius 2 is 2.05 bits per heavy atom. The Hall–Kier alpha value is -1.75. The number of rotatable bonds is 5.